The lowest BCUT2D eigenvalue weighted by Crippen LogP contribution is -2.21. The van der Waals surface area contributed by atoms with Crippen LogP contribution in [0.4, 0.5) is 5.69 Å². The topological polar surface area (TPSA) is 108 Å². The molecule has 0 unspecified atom stereocenters. The van der Waals surface area contributed by atoms with Gasteiger partial charge in [0.25, 0.3) is 5.91 Å². The molecule has 0 saturated heterocycles. The summed E-state index contributed by atoms with van der Waals surface area (Å²) >= 11 is 0. The number of nitrogens with zero attached hydrogens (tertiary/aromatic N) is 2. The quantitative estimate of drug-likeness (QED) is 0.717. The summed E-state index contributed by atoms with van der Waals surface area (Å²) < 4.78 is 4.99. The van der Waals surface area contributed by atoms with E-state index in [2.05, 4.69) is 15.5 Å². The number of rotatable bonds is 4. The molecule has 3 aromatic rings. The van der Waals surface area contributed by atoms with Crippen LogP contribution in [0.5, 0.6) is 0 Å². The number of para-hydroxylation sites is 1. The molecular formula is C17H12N4O3. The molecule has 0 aliphatic rings. The maximum Gasteiger partial charge on any atom is 0.359 e. The van der Waals surface area contributed by atoms with Gasteiger partial charge in [0.05, 0.1) is 17.1 Å². The van der Waals surface area contributed by atoms with Crippen LogP contribution in [0.1, 0.15) is 16.1 Å². The smallest absolute Gasteiger partial charge is 0.359 e. The van der Waals surface area contributed by atoms with Crippen LogP contribution in [0, 0.1) is 11.3 Å². The number of fused-ring (bicyclic) bond motifs is 1. The van der Waals surface area contributed by atoms with E-state index >= 15 is 0 Å². The highest BCUT2D eigenvalue weighted by atomic mass is 16.5. The summed E-state index contributed by atoms with van der Waals surface area (Å²) in [5.74, 6) is -1.16. The Morgan fingerprint density at radius 3 is 2.67 bits per heavy atom. The number of nitriles is 1. The van der Waals surface area contributed by atoms with E-state index in [4.69, 9.17) is 10.00 Å². The van der Waals surface area contributed by atoms with Gasteiger partial charge in [0.1, 0.15) is 0 Å². The monoisotopic (exact) mass is 320 g/mol. The molecule has 118 valence electrons. The number of carbonyl (C=O) groups is 2. The maximum absolute atomic E-state index is 12.0. The van der Waals surface area contributed by atoms with Crippen molar-refractivity contribution >= 4 is 28.5 Å². The number of benzene rings is 2. The van der Waals surface area contributed by atoms with Crippen LogP contribution in [0.25, 0.3) is 10.9 Å². The number of esters is 1. The standard InChI is InChI=1S/C17H12N4O3/c18-9-11-5-7-12(8-6-11)19-15(22)10-24-17(23)16-13-3-1-2-4-14(13)20-21-16/h1-8H,10H2,(H,19,22)(H,20,21). The second kappa shape index (κ2) is 6.62. The van der Waals surface area contributed by atoms with Gasteiger partial charge in [-0.05, 0) is 30.3 Å². The van der Waals surface area contributed by atoms with E-state index in [-0.39, 0.29) is 5.69 Å². The lowest BCUT2D eigenvalue weighted by Gasteiger charge is -2.06. The first-order chi connectivity index (χ1) is 11.7. The van der Waals surface area contributed by atoms with Gasteiger partial charge in [-0.15, -0.1) is 0 Å². The molecule has 0 fully saturated rings. The van der Waals surface area contributed by atoms with Crippen LogP contribution in [0.3, 0.4) is 0 Å². The summed E-state index contributed by atoms with van der Waals surface area (Å²) in [6.07, 6.45) is 0. The Kier molecular flexibility index (Phi) is 4.21. The number of aromatic nitrogens is 2. The van der Waals surface area contributed by atoms with Crippen molar-refractivity contribution in [1.29, 1.82) is 5.26 Å². The minimum Gasteiger partial charge on any atom is -0.451 e. The number of amides is 1. The van der Waals surface area contributed by atoms with Crippen LogP contribution >= 0.6 is 0 Å². The number of anilines is 1. The Bertz CT molecular complexity index is 938. The average molecular weight is 320 g/mol. The number of carbonyl (C=O) groups excluding carboxylic acids is 2. The highest BCUT2D eigenvalue weighted by molar-refractivity contribution is 6.03. The maximum atomic E-state index is 12.0. The Hall–Kier alpha value is -3.66. The first-order valence-corrected chi connectivity index (χ1v) is 7.07. The van der Waals surface area contributed by atoms with Crippen molar-refractivity contribution in [2.24, 2.45) is 0 Å². The van der Waals surface area contributed by atoms with Gasteiger partial charge in [-0.2, -0.15) is 10.4 Å². The van der Waals surface area contributed by atoms with Crippen LogP contribution in [-0.4, -0.2) is 28.7 Å². The zero-order valence-electron chi connectivity index (χ0n) is 12.4. The van der Waals surface area contributed by atoms with E-state index in [0.29, 0.717) is 22.2 Å². The van der Waals surface area contributed by atoms with Crippen molar-refractivity contribution in [1.82, 2.24) is 10.2 Å². The third kappa shape index (κ3) is 3.23. The Morgan fingerprint density at radius 2 is 1.92 bits per heavy atom. The summed E-state index contributed by atoms with van der Waals surface area (Å²) in [5, 5.41) is 18.6. The minimum atomic E-state index is -0.678. The number of aromatic amines is 1. The average Bonchev–Trinajstić information content (AvgIpc) is 3.04. The zero-order valence-corrected chi connectivity index (χ0v) is 12.4. The molecule has 3 rings (SSSR count). The van der Waals surface area contributed by atoms with Crippen LogP contribution < -0.4 is 5.32 Å². The van der Waals surface area contributed by atoms with Gasteiger partial charge in [-0.3, -0.25) is 9.89 Å². The van der Waals surface area contributed by atoms with Crippen molar-refractivity contribution in [3.05, 3.63) is 59.8 Å². The molecule has 2 N–H and O–H groups in total. The summed E-state index contributed by atoms with van der Waals surface area (Å²) in [4.78, 5) is 23.9. The molecule has 0 saturated carbocycles. The Morgan fingerprint density at radius 1 is 1.17 bits per heavy atom. The fourth-order valence-corrected chi connectivity index (χ4v) is 2.14. The number of H-pyrrole nitrogens is 1. The van der Waals surface area contributed by atoms with E-state index in [1.165, 1.54) is 0 Å². The lowest BCUT2D eigenvalue weighted by molar-refractivity contribution is -0.119. The largest absolute Gasteiger partial charge is 0.451 e. The molecule has 0 spiro atoms. The summed E-state index contributed by atoms with van der Waals surface area (Å²) in [7, 11) is 0. The Labute approximate surface area is 136 Å². The Balaban J connectivity index is 1.59. The third-order valence-corrected chi connectivity index (χ3v) is 3.30. The van der Waals surface area contributed by atoms with Crippen molar-refractivity contribution < 1.29 is 14.3 Å². The molecular weight excluding hydrogens is 308 g/mol. The molecule has 7 nitrogen and oxygen atoms in total. The van der Waals surface area contributed by atoms with Crippen LogP contribution in [0.2, 0.25) is 0 Å². The molecule has 1 aromatic heterocycles. The number of hydrogen-bond donors (Lipinski definition) is 2. The molecule has 1 heterocycles. The molecule has 0 atom stereocenters. The van der Waals surface area contributed by atoms with E-state index < -0.39 is 18.5 Å². The van der Waals surface area contributed by atoms with Crippen molar-refractivity contribution in [3.63, 3.8) is 0 Å². The minimum absolute atomic E-state index is 0.136. The molecule has 0 aliphatic carbocycles. The van der Waals surface area contributed by atoms with E-state index in [0.717, 1.165) is 0 Å². The van der Waals surface area contributed by atoms with E-state index in [1.54, 1.807) is 42.5 Å². The van der Waals surface area contributed by atoms with Crippen molar-refractivity contribution in [3.8, 4) is 6.07 Å². The molecule has 2 aromatic carbocycles. The zero-order chi connectivity index (χ0) is 16.9. The normalized spacial score (nSPS) is 10.1. The van der Waals surface area contributed by atoms with Crippen molar-refractivity contribution in [2.75, 3.05) is 11.9 Å². The fourth-order valence-electron chi connectivity index (χ4n) is 2.14. The van der Waals surface area contributed by atoms with Gasteiger partial charge in [0, 0.05) is 11.1 Å². The number of hydrogen-bond acceptors (Lipinski definition) is 5. The summed E-state index contributed by atoms with van der Waals surface area (Å²) in [6, 6.07) is 15.5. The summed E-state index contributed by atoms with van der Waals surface area (Å²) in [5.41, 5.74) is 1.85. The van der Waals surface area contributed by atoms with Gasteiger partial charge in [-0.25, -0.2) is 4.79 Å². The number of ether oxygens (including phenoxy) is 1. The predicted molar refractivity (Wildman–Crippen MR) is 86.2 cm³/mol. The van der Waals surface area contributed by atoms with Crippen LogP contribution in [-0.2, 0) is 9.53 Å². The SMILES string of the molecule is N#Cc1ccc(NC(=O)COC(=O)c2n[nH]c3ccccc23)cc1. The predicted octanol–water partition coefficient (Wildman–Crippen LogP) is 2.23. The van der Waals surface area contributed by atoms with Gasteiger partial charge in [0.2, 0.25) is 0 Å². The summed E-state index contributed by atoms with van der Waals surface area (Å²) in [6.45, 7) is -0.431. The van der Waals surface area contributed by atoms with Gasteiger partial charge < -0.3 is 10.1 Å². The third-order valence-electron chi connectivity index (χ3n) is 3.30. The molecule has 1 amide bonds. The van der Waals surface area contributed by atoms with Crippen molar-refractivity contribution in [2.45, 2.75) is 0 Å². The molecule has 0 bridgehead atoms. The second-order valence-electron chi connectivity index (χ2n) is 4.93. The first kappa shape index (κ1) is 15.2. The van der Waals surface area contributed by atoms with Gasteiger partial charge in [-0.1, -0.05) is 18.2 Å². The highest BCUT2D eigenvalue weighted by Crippen LogP contribution is 2.16. The molecule has 0 aliphatic heterocycles. The van der Waals surface area contributed by atoms with Crippen LogP contribution in [0.15, 0.2) is 48.5 Å². The van der Waals surface area contributed by atoms with Gasteiger partial charge >= 0.3 is 5.97 Å². The fraction of sp³-hybridized carbons (Fsp3) is 0.0588. The van der Waals surface area contributed by atoms with E-state index in [1.807, 2.05) is 12.1 Å². The van der Waals surface area contributed by atoms with Gasteiger partial charge in [0.15, 0.2) is 12.3 Å². The molecule has 24 heavy (non-hydrogen) atoms. The highest BCUT2D eigenvalue weighted by Gasteiger charge is 2.16. The lowest BCUT2D eigenvalue weighted by atomic mass is 10.2. The number of nitrogens with one attached hydrogen (secondary N) is 2. The van der Waals surface area contributed by atoms with E-state index in [9.17, 15) is 9.59 Å². The molecule has 7 heteroatoms. The molecule has 0 radical (unpaired) electrons. The second-order valence-corrected chi connectivity index (χ2v) is 4.93. The first-order valence-electron chi connectivity index (χ1n) is 7.07.